The molecule has 1 amide bonds. The lowest BCUT2D eigenvalue weighted by atomic mass is 9.98. The van der Waals surface area contributed by atoms with Crippen LogP contribution in [0.25, 0.3) is 0 Å². The van der Waals surface area contributed by atoms with Crippen molar-refractivity contribution in [3.05, 3.63) is 0 Å². The standard InChI is InChI=1S/C15H28N2O4/c1-14(2,3)20-12(18)11-9-10(16)7-8-17(11)13(19)21-15(4,5)6/h10-11H,7-9,16H2,1-6H3. The zero-order valence-electron chi connectivity index (χ0n) is 13.9. The van der Waals surface area contributed by atoms with E-state index in [1.807, 2.05) is 0 Å². The summed E-state index contributed by atoms with van der Waals surface area (Å²) in [6.07, 6.45) is 0.553. The minimum absolute atomic E-state index is 0.110. The summed E-state index contributed by atoms with van der Waals surface area (Å²) < 4.78 is 10.8. The first-order chi connectivity index (χ1) is 9.39. The fourth-order valence-electron chi connectivity index (χ4n) is 2.12. The first kappa shape index (κ1) is 17.8. The predicted molar refractivity (Wildman–Crippen MR) is 79.8 cm³/mol. The van der Waals surface area contributed by atoms with Crippen LogP contribution in [-0.2, 0) is 14.3 Å². The second-order valence-electron chi connectivity index (χ2n) is 7.51. The summed E-state index contributed by atoms with van der Waals surface area (Å²) in [4.78, 5) is 26.0. The number of piperidine rings is 1. The molecule has 0 spiro atoms. The summed E-state index contributed by atoms with van der Waals surface area (Å²) in [5, 5.41) is 0. The smallest absolute Gasteiger partial charge is 0.411 e. The summed E-state index contributed by atoms with van der Waals surface area (Å²) in [7, 11) is 0. The zero-order valence-corrected chi connectivity index (χ0v) is 13.9. The van der Waals surface area contributed by atoms with Crippen molar-refractivity contribution in [2.75, 3.05) is 6.54 Å². The van der Waals surface area contributed by atoms with Gasteiger partial charge >= 0.3 is 12.1 Å². The molecule has 122 valence electrons. The van der Waals surface area contributed by atoms with E-state index in [2.05, 4.69) is 0 Å². The first-order valence-corrected chi connectivity index (χ1v) is 7.37. The third kappa shape index (κ3) is 5.91. The Morgan fingerprint density at radius 1 is 1.05 bits per heavy atom. The van der Waals surface area contributed by atoms with Crippen molar-refractivity contribution in [3.63, 3.8) is 0 Å². The summed E-state index contributed by atoms with van der Waals surface area (Å²) in [6.45, 7) is 11.2. The van der Waals surface area contributed by atoms with E-state index in [4.69, 9.17) is 15.2 Å². The molecule has 0 radical (unpaired) electrons. The maximum atomic E-state index is 12.3. The molecule has 0 saturated carbocycles. The lowest BCUT2D eigenvalue weighted by Gasteiger charge is -2.38. The van der Waals surface area contributed by atoms with E-state index < -0.39 is 29.3 Å². The largest absolute Gasteiger partial charge is 0.458 e. The van der Waals surface area contributed by atoms with Gasteiger partial charge in [0, 0.05) is 12.6 Å². The summed E-state index contributed by atoms with van der Waals surface area (Å²) in [6, 6.07) is -0.788. The van der Waals surface area contributed by atoms with Crippen molar-refractivity contribution in [2.24, 2.45) is 5.73 Å². The van der Waals surface area contributed by atoms with Crippen molar-refractivity contribution in [1.82, 2.24) is 4.90 Å². The van der Waals surface area contributed by atoms with E-state index in [-0.39, 0.29) is 6.04 Å². The lowest BCUT2D eigenvalue weighted by molar-refractivity contribution is -0.162. The minimum Gasteiger partial charge on any atom is -0.458 e. The summed E-state index contributed by atoms with van der Waals surface area (Å²) >= 11 is 0. The third-order valence-corrected chi connectivity index (χ3v) is 2.95. The van der Waals surface area contributed by atoms with Gasteiger partial charge in [0.15, 0.2) is 0 Å². The van der Waals surface area contributed by atoms with Gasteiger partial charge in [0.05, 0.1) is 0 Å². The molecule has 2 N–H and O–H groups in total. The average molecular weight is 300 g/mol. The number of ether oxygens (including phenoxy) is 2. The second kappa shape index (κ2) is 6.22. The number of carbonyl (C=O) groups excluding carboxylic acids is 2. The molecule has 21 heavy (non-hydrogen) atoms. The molecule has 1 heterocycles. The predicted octanol–water partition coefficient (Wildman–Crippen LogP) is 2.05. The highest BCUT2D eigenvalue weighted by molar-refractivity contribution is 5.82. The highest BCUT2D eigenvalue weighted by Crippen LogP contribution is 2.22. The van der Waals surface area contributed by atoms with Crippen molar-refractivity contribution in [2.45, 2.75) is 77.7 Å². The lowest BCUT2D eigenvalue weighted by Crippen LogP contribution is -2.55. The quantitative estimate of drug-likeness (QED) is 0.750. The Labute approximate surface area is 126 Å². The molecule has 1 aliphatic heterocycles. The van der Waals surface area contributed by atoms with Gasteiger partial charge in [-0.2, -0.15) is 0 Å². The molecule has 1 saturated heterocycles. The minimum atomic E-state index is -0.678. The monoisotopic (exact) mass is 300 g/mol. The number of amides is 1. The fourth-order valence-corrected chi connectivity index (χ4v) is 2.12. The molecule has 1 aliphatic rings. The van der Waals surface area contributed by atoms with Crippen LogP contribution in [-0.4, -0.2) is 46.8 Å². The summed E-state index contributed by atoms with van der Waals surface area (Å²) in [5.41, 5.74) is 4.73. The number of hydrogen-bond acceptors (Lipinski definition) is 5. The van der Waals surface area contributed by atoms with Crippen LogP contribution in [0, 0.1) is 0 Å². The third-order valence-electron chi connectivity index (χ3n) is 2.95. The molecule has 0 aromatic rings. The van der Waals surface area contributed by atoms with Gasteiger partial charge in [0.2, 0.25) is 0 Å². The molecule has 0 aromatic carbocycles. The normalized spacial score (nSPS) is 23.7. The Bertz CT molecular complexity index is 395. The van der Waals surface area contributed by atoms with E-state index in [0.29, 0.717) is 19.4 Å². The van der Waals surface area contributed by atoms with Gasteiger partial charge in [-0.25, -0.2) is 9.59 Å². The zero-order chi connectivity index (χ0) is 16.4. The van der Waals surface area contributed by atoms with Crippen LogP contribution in [0.4, 0.5) is 4.79 Å². The van der Waals surface area contributed by atoms with E-state index >= 15 is 0 Å². The van der Waals surface area contributed by atoms with Gasteiger partial charge in [-0.1, -0.05) is 0 Å². The number of esters is 1. The number of nitrogens with zero attached hydrogens (tertiary/aromatic N) is 1. The number of hydrogen-bond donors (Lipinski definition) is 1. The van der Waals surface area contributed by atoms with Crippen LogP contribution in [0.15, 0.2) is 0 Å². The molecule has 1 fully saturated rings. The topological polar surface area (TPSA) is 81.9 Å². The molecule has 0 aromatic heterocycles. The van der Waals surface area contributed by atoms with Crippen LogP contribution in [0.3, 0.4) is 0 Å². The molecule has 0 bridgehead atoms. The van der Waals surface area contributed by atoms with Crippen LogP contribution in [0.5, 0.6) is 0 Å². The van der Waals surface area contributed by atoms with E-state index in [1.165, 1.54) is 4.90 Å². The van der Waals surface area contributed by atoms with Gasteiger partial charge < -0.3 is 15.2 Å². The van der Waals surface area contributed by atoms with Gasteiger partial charge in [0.25, 0.3) is 0 Å². The van der Waals surface area contributed by atoms with Crippen LogP contribution in [0.2, 0.25) is 0 Å². The van der Waals surface area contributed by atoms with Crippen LogP contribution >= 0.6 is 0 Å². The fraction of sp³-hybridized carbons (Fsp3) is 0.867. The number of nitrogens with two attached hydrogens (primary N) is 1. The van der Waals surface area contributed by atoms with Gasteiger partial charge in [-0.05, 0) is 54.4 Å². The van der Waals surface area contributed by atoms with Crippen molar-refractivity contribution in [3.8, 4) is 0 Å². The number of carbonyl (C=O) groups is 2. The van der Waals surface area contributed by atoms with E-state index in [9.17, 15) is 9.59 Å². The van der Waals surface area contributed by atoms with E-state index in [1.54, 1.807) is 41.5 Å². The van der Waals surface area contributed by atoms with Crippen LogP contribution < -0.4 is 5.73 Å². The number of rotatable bonds is 1. The molecule has 6 nitrogen and oxygen atoms in total. The Kier molecular flexibility index (Phi) is 5.25. The van der Waals surface area contributed by atoms with Crippen molar-refractivity contribution >= 4 is 12.1 Å². The number of likely N-dealkylation sites (tertiary alicyclic amines) is 1. The maximum Gasteiger partial charge on any atom is 0.411 e. The SMILES string of the molecule is CC(C)(C)OC(=O)C1CC(N)CCN1C(=O)OC(C)(C)C. The van der Waals surface area contributed by atoms with Crippen molar-refractivity contribution < 1.29 is 19.1 Å². The highest BCUT2D eigenvalue weighted by Gasteiger charge is 2.39. The Balaban J connectivity index is 2.84. The molecule has 6 heteroatoms. The van der Waals surface area contributed by atoms with E-state index in [0.717, 1.165) is 0 Å². The first-order valence-electron chi connectivity index (χ1n) is 7.37. The summed E-state index contributed by atoms with van der Waals surface area (Å²) in [5.74, 6) is -0.427. The molecule has 0 aliphatic carbocycles. The molecular weight excluding hydrogens is 272 g/mol. The molecule has 2 atom stereocenters. The Morgan fingerprint density at radius 2 is 1.57 bits per heavy atom. The molecular formula is C15H28N2O4. The Morgan fingerprint density at radius 3 is 2.05 bits per heavy atom. The second-order valence-corrected chi connectivity index (χ2v) is 7.51. The maximum absolute atomic E-state index is 12.3. The molecule has 1 rings (SSSR count). The van der Waals surface area contributed by atoms with Gasteiger partial charge in [-0.3, -0.25) is 4.90 Å². The average Bonchev–Trinajstić information content (AvgIpc) is 2.23. The Hall–Kier alpha value is -1.30. The van der Waals surface area contributed by atoms with Crippen molar-refractivity contribution in [1.29, 1.82) is 0 Å². The van der Waals surface area contributed by atoms with Crippen LogP contribution in [0.1, 0.15) is 54.4 Å². The van der Waals surface area contributed by atoms with Gasteiger partial charge in [0.1, 0.15) is 17.2 Å². The van der Waals surface area contributed by atoms with Gasteiger partial charge in [-0.15, -0.1) is 0 Å². The highest BCUT2D eigenvalue weighted by atomic mass is 16.6. The molecule has 2 unspecified atom stereocenters.